The van der Waals surface area contributed by atoms with Gasteiger partial charge in [0.1, 0.15) is 0 Å². The second kappa shape index (κ2) is 2.99. The summed E-state index contributed by atoms with van der Waals surface area (Å²) in [6, 6.07) is 9.84. The van der Waals surface area contributed by atoms with Gasteiger partial charge in [-0.1, -0.05) is 24.3 Å². The number of rotatable bonds is 1. The second-order valence-electron chi connectivity index (χ2n) is 4.99. The lowest BCUT2D eigenvalue weighted by atomic mass is 9.86. The normalized spacial score (nSPS) is 37.9. The van der Waals surface area contributed by atoms with Crippen LogP contribution in [0.15, 0.2) is 42.5 Å². The number of hydrogen-bond donors (Lipinski definition) is 0. The molecular weight excluding hydrogens is 214 g/mol. The molecule has 17 heavy (non-hydrogen) atoms. The van der Waals surface area contributed by atoms with Gasteiger partial charge in [-0.2, -0.15) is 0 Å². The molecule has 0 saturated carbocycles. The summed E-state index contributed by atoms with van der Waals surface area (Å²) >= 11 is 0. The number of ether oxygens (including phenoxy) is 1. The van der Waals surface area contributed by atoms with Crippen molar-refractivity contribution >= 4 is 11.6 Å². The fourth-order valence-electron chi connectivity index (χ4n) is 3.25. The Bertz CT molecular complexity index is 510. The van der Waals surface area contributed by atoms with Crippen LogP contribution >= 0.6 is 0 Å². The zero-order chi connectivity index (χ0) is 11.5. The molecule has 1 spiro atoms. The molecule has 3 atom stereocenters. The Kier molecular flexibility index (Phi) is 1.66. The van der Waals surface area contributed by atoms with E-state index in [0.717, 1.165) is 18.7 Å². The van der Waals surface area contributed by atoms with E-state index in [0.29, 0.717) is 5.92 Å². The number of nitrogens with zero attached hydrogens (tertiary/aromatic N) is 1. The Morgan fingerprint density at radius 2 is 2.12 bits per heavy atom. The van der Waals surface area contributed by atoms with Gasteiger partial charge in [-0.15, -0.1) is 0 Å². The third kappa shape index (κ3) is 1.07. The van der Waals surface area contributed by atoms with Gasteiger partial charge in [0, 0.05) is 18.2 Å². The molecule has 1 amide bonds. The van der Waals surface area contributed by atoms with Crippen LogP contribution in [0, 0.1) is 5.92 Å². The molecule has 3 heteroatoms. The summed E-state index contributed by atoms with van der Waals surface area (Å²) in [6.07, 6.45) is 5.15. The zero-order valence-corrected chi connectivity index (χ0v) is 9.37. The van der Waals surface area contributed by atoms with E-state index in [1.54, 1.807) is 0 Å². The lowest BCUT2D eigenvalue weighted by molar-refractivity contribution is -0.132. The zero-order valence-electron chi connectivity index (χ0n) is 9.37. The molecule has 1 aromatic rings. The van der Waals surface area contributed by atoms with Crippen molar-refractivity contribution in [3.63, 3.8) is 0 Å². The minimum atomic E-state index is -0.638. The molecule has 0 aromatic heterocycles. The number of para-hydroxylation sites is 1. The highest BCUT2D eigenvalue weighted by Crippen LogP contribution is 2.49. The van der Waals surface area contributed by atoms with Crippen molar-refractivity contribution in [1.82, 2.24) is 0 Å². The van der Waals surface area contributed by atoms with Crippen LogP contribution in [0.2, 0.25) is 0 Å². The van der Waals surface area contributed by atoms with Gasteiger partial charge in [-0.05, 0) is 24.6 Å². The lowest BCUT2D eigenvalue weighted by Crippen LogP contribution is -2.39. The van der Waals surface area contributed by atoms with Gasteiger partial charge in [-0.3, -0.25) is 4.79 Å². The summed E-state index contributed by atoms with van der Waals surface area (Å²) in [5.41, 5.74) is 0.335. The van der Waals surface area contributed by atoms with Crippen LogP contribution in [0.5, 0.6) is 0 Å². The molecule has 3 aliphatic rings. The quantitative estimate of drug-likeness (QED) is 0.684. The van der Waals surface area contributed by atoms with Crippen LogP contribution in [-0.4, -0.2) is 24.2 Å². The average Bonchev–Trinajstić information content (AvgIpc) is 3.01. The fraction of sp³-hybridized carbons (Fsp3) is 0.357. The first-order valence-electron chi connectivity index (χ1n) is 6.04. The van der Waals surface area contributed by atoms with Crippen LogP contribution < -0.4 is 4.90 Å². The number of anilines is 1. The molecule has 1 aromatic carbocycles. The van der Waals surface area contributed by atoms with E-state index in [2.05, 4.69) is 0 Å². The summed E-state index contributed by atoms with van der Waals surface area (Å²) in [4.78, 5) is 14.4. The van der Waals surface area contributed by atoms with Gasteiger partial charge in [0.25, 0.3) is 5.91 Å². The minimum absolute atomic E-state index is 0.102. The second-order valence-corrected chi connectivity index (χ2v) is 4.99. The predicted octanol–water partition coefficient (Wildman–Crippen LogP) is 1.75. The molecule has 4 rings (SSSR count). The van der Waals surface area contributed by atoms with Crippen LogP contribution in [-0.2, 0) is 9.53 Å². The van der Waals surface area contributed by atoms with E-state index in [4.69, 9.17) is 4.74 Å². The van der Waals surface area contributed by atoms with Crippen molar-refractivity contribution in [2.24, 2.45) is 5.92 Å². The highest BCUT2D eigenvalue weighted by Gasteiger charge is 2.61. The van der Waals surface area contributed by atoms with Crippen LogP contribution in [0.4, 0.5) is 5.69 Å². The van der Waals surface area contributed by atoms with E-state index in [1.165, 1.54) is 0 Å². The van der Waals surface area contributed by atoms with E-state index in [9.17, 15) is 4.79 Å². The van der Waals surface area contributed by atoms with Gasteiger partial charge in [-0.25, -0.2) is 0 Å². The average molecular weight is 227 g/mol. The highest BCUT2D eigenvalue weighted by atomic mass is 16.5. The highest BCUT2D eigenvalue weighted by molar-refractivity contribution is 6.04. The summed E-state index contributed by atoms with van der Waals surface area (Å²) < 4.78 is 5.85. The van der Waals surface area contributed by atoms with Crippen LogP contribution in [0.1, 0.15) is 6.42 Å². The smallest absolute Gasteiger partial charge is 0.263 e. The topological polar surface area (TPSA) is 29.5 Å². The summed E-state index contributed by atoms with van der Waals surface area (Å²) in [5, 5.41) is 0. The molecule has 2 fully saturated rings. The number of hydrogen-bond acceptors (Lipinski definition) is 2. The van der Waals surface area contributed by atoms with Crippen molar-refractivity contribution in [3.8, 4) is 0 Å². The van der Waals surface area contributed by atoms with Gasteiger partial charge in [0.05, 0.1) is 6.10 Å². The summed E-state index contributed by atoms with van der Waals surface area (Å²) in [7, 11) is 0. The van der Waals surface area contributed by atoms with E-state index < -0.39 is 5.60 Å². The largest absolute Gasteiger partial charge is 0.353 e. The monoisotopic (exact) mass is 227 g/mol. The molecule has 0 radical (unpaired) electrons. The van der Waals surface area contributed by atoms with Crippen molar-refractivity contribution in [2.75, 3.05) is 11.4 Å². The van der Waals surface area contributed by atoms with E-state index in [-0.39, 0.29) is 12.0 Å². The van der Waals surface area contributed by atoms with Crippen molar-refractivity contribution in [2.45, 2.75) is 18.1 Å². The molecule has 3 aliphatic heterocycles. The third-order valence-corrected chi connectivity index (χ3v) is 4.08. The van der Waals surface area contributed by atoms with Crippen LogP contribution in [0.25, 0.3) is 0 Å². The SMILES string of the molecule is O=C1N(c2ccccc2)CC2CC3C=CC12O3. The first-order valence-corrected chi connectivity index (χ1v) is 6.04. The molecule has 86 valence electrons. The van der Waals surface area contributed by atoms with Gasteiger partial charge in [0.15, 0.2) is 5.60 Å². The van der Waals surface area contributed by atoms with Crippen molar-refractivity contribution < 1.29 is 9.53 Å². The maximum Gasteiger partial charge on any atom is 0.263 e. The maximum atomic E-state index is 12.5. The predicted molar refractivity (Wildman–Crippen MR) is 63.6 cm³/mol. The lowest BCUT2D eigenvalue weighted by Gasteiger charge is -2.21. The number of fused-ring (bicyclic) bond motifs is 1. The van der Waals surface area contributed by atoms with E-state index >= 15 is 0 Å². The summed E-state index contributed by atoms with van der Waals surface area (Å²) in [5.74, 6) is 0.426. The third-order valence-electron chi connectivity index (χ3n) is 4.08. The van der Waals surface area contributed by atoms with Crippen molar-refractivity contribution in [3.05, 3.63) is 42.5 Å². The van der Waals surface area contributed by atoms with Gasteiger partial charge < -0.3 is 9.64 Å². The molecule has 0 aliphatic carbocycles. The number of amides is 1. The molecule has 3 nitrogen and oxygen atoms in total. The Labute approximate surface area is 99.7 Å². The Morgan fingerprint density at radius 1 is 1.29 bits per heavy atom. The van der Waals surface area contributed by atoms with Crippen LogP contribution in [0.3, 0.4) is 0 Å². The first-order chi connectivity index (χ1) is 8.29. The maximum absolute atomic E-state index is 12.5. The fourth-order valence-corrected chi connectivity index (χ4v) is 3.25. The first kappa shape index (κ1) is 9.42. The molecule has 0 N–H and O–H groups in total. The molecule has 3 heterocycles. The molecule has 2 bridgehead atoms. The molecular formula is C14H13NO2. The molecule has 3 unspecified atom stereocenters. The minimum Gasteiger partial charge on any atom is -0.353 e. The van der Waals surface area contributed by atoms with E-state index in [1.807, 2.05) is 47.4 Å². The van der Waals surface area contributed by atoms with Gasteiger partial charge >= 0.3 is 0 Å². The summed E-state index contributed by atoms with van der Waals surface area (Å²) in [6.45, 7) is 0.781. The Morgan fingerprint density at radius 3 is 2.82 bits per heavy atom. The number of carbonyl (C=O) groups excluding carboxylic acids is 1. The number of benzene rings is 1. The van der Waals surface area contributed by atoms with Crippen molar-refractivity contribution in [1.29, 1.82) is 0 Å². The number of carbonyl (C=O) groups is 1. The van der Waals surface area contributed by atoms with Gasteiger partial charge in [0.2, 0.25) is 0 Å². The molecule has 2 saturated heterocycles. The Hall–Kier alpha value is -1.61. The standard InChI is InChI=1S/C14H13NO2/c16-13-14-7-6-12(17-14)8-10(14)9-15(13)11-4-2-1-3-5-11/h1-7,10,12H,8-9H2. The Balaban J connectivity index is 1.75.